The van der Waals surface area contributed by atoms with Crippen LogP contribution in [0.1, 0.15) is 71.1 Å². The fourth-order valence-electron chi connectivity index (χ4n) is 10.9. The average Bonchev–Trinajstić information content (AvgIpc) is 1.56. The largest absolute Gasteiger partial charge is 0.394 e. The molecule has 6 rings (SSSR count). The molecule has 14 N–H and O–H groups in total. The summed E-state index contributed by atoms with van der Waals surface area (Å²) in [5.74, 6) is -3.44. The van der Waals surface area contributed by atoms with Crippen molar-refractivity contribution in [2.75, 3.05) is 178 Å². The summed E-state index contributed by atoms with van der Waals surface area (Å²) in [7, 11) is 0. The lowest BCUT2D eigenvalue weighted by molar-refractivity contribution is -0.272. The standard InChI is InChI=1S/C62H108N6O33/c1-39(72)65-53-57(81)56(80)47(34-71)100-61(53)95-29-26-89-17-14-85-19-22-90-35-48(75)63-10-4-2-6-40(66-50(77)37-92-23-20-86-13-16-88-25-28-94-52-31-43(74)55(79)46(33-70)98-52)58(82)67-41(60(83)101-68-59-44(99-59)8-9-62(68)38-96-62)7-3-5-11-64-49(76)36-91-21-18-84-12-15-87-24-27-93-51-30-42(73)54(78)45(32-69)97-51/h40-47,51-57,59,61,69-71,73-74,78-81H,2-38H2,1H3,(H,63,75)(H,64,76)(H,65,72)(H,66,77)(H,67,82). The lowest BCUT2D eigenvalue weighted by atomic mass is 9.97. The molecule has 0 bridgehead atoms. The van der Waals surface area contributed by atoms with Gasteiger partial charge in [-0.25, -0.2) is 4.79 Å². The topological polar surface area (TPSA) is 521 Å². The van der Waals surface area contributed by atoms with E-state index in [0.29, 0.717) is 45.1 Å². The number of aliphatic hydroxyl groups excluding tert-OH is 9. The Kier molecular flexibility index (Phi) is 40.7. The van der Waals surface area contributed by atoms with E-state index in [-0.39, 0.29) is 177 Å². The highest BCUT2D eigenvalue weighted by Gasteiger charge is 2.66. The molecule has 0 aliphatic carbocycles. The van der Waals surface area contributed by atoms with Crippen LogP contribution in [0.5, 0.6) is 0 Å². The first-order valence-corrected chi connectivity index (χ1v) is 34.5. The second-order valence-corrected chi connectivity index (χ2v) is 24.5. The predicted octanol–water partition coefficient (Wildman–Crippen LogP) is -7.66. The summed E-state index contributed by atoms with van der Waals surface area (Å²) in [5.41, 5.74) is -0.834. The van der Waals surface area contributed by atoms with Gasteiger partial charge >= 0.3 is 5.97 Å². The molecule has 18 unspecified atom stereocenters. The van der Waals surface area contributed by atoms with E-state index in [1.807, 2.05) is 0 Å². The van der Waals surface area contributed by atoms with Gasteiger partial charge in [0, 0.05) is 32.9 Å². The van der Waals surface area contributed by atoms with Crippen LogP contribution in [0.4, 0.5) is 0 Å². The quantitative estimate of drug-likeness (QED) is 0.0199. The minimum Gasteiger partial charge on any atom is -0.394 e. The summed E-state index contributed by atoms with van der Waals surface area (Å²) in [4.78, 5) is 84.6. The van der Waals surface area contributed by atoms with Gasteiger partial charge in [0.05, 0.1) is 158 Å². The lowest BCUT2D eigenvalue weighted by Gasteiger charge is -2.42. The maximum atomic E-state index is 14.3. The monoisotopic (exact) mass is 1460 g/mol. The number of hydrogen-bond acceptors (Lipinski definition) is 34. The molecule has 5 amide bonds. The van der Waals surface area contributed by atoms with Gasteiger partial charge in [0.1, 0.15) is 86.8 Å². The second-order valence-electron chi connectivity index (χ2n) is 24.5. The lowest BCUT2D eigenvalue weighted by Crippen LogP contribution is -2.64. The normalized spacial score (nSPS) is 29.1. The molecule has 0 saturated carbocycles. The molecule has 6 aliphatic rings. The van der Waals surface area contributed by atoms with Crippen molar-refractivity contribution in [3.8, 4) is 0 Å². The molecule has 6 saturated heterocycles. The molecule has 18 atom stereocenters. The highest BCUT2D eigenvalue weighted by Crippen LogP contribution is 2.50. The van der Waals surface area contributed by atoms with Crippen LogP contribution in [0, 0.1) is 0 Å². The van der Waals surface area contributed by atoms with E-state index in [1.165, 1.54) is 12.0 Å². The molecular formula is C62H108N6O33. The fraction of sp³-hybridized carbons (Fsp3) is 0.903. The SMILES string of the molecule is CC(=O)NC1C(OCCOCCOCCOCC(=O)NCCCCC(NC(=O)COCCOCCOCCOC2CC(O)C(O)C(CO)O2)C(=O)NC(CCCCNC(=O)COCCOCCOCCOC2CC(O)C(O)C(CO)O2)C(=O)ON2C3OC3CCC23CO3)OC(CO)C(O)C1O. The van der Waals surface area contributed by atoms with Crippen LogP contribution >= 0.6 is 0 Å². The molecule has 1 spiro atoms. The zero-order valence-corrected chi connectivity index (χ0v) is 57.2. The number of fused-ring (bicyclic) bond motifs is 1. The number of hydrogen-bond donors (Lipinski definition) is 14. The number of rotatable bonds is 55. The number of nitrogens with zero attached hydrogens (tertiary/aromatic N) is 1. The van der Waals surface area contributed by atoms with E-state index in [2.05, 4.69) is 26.6 Å². The Morgan fingerprint density at radius 2 is 0.921 bits per heavy atom. The van der Waals surface area contributed by atoms with E-state index in [0.717, 1.165) is 0 Å². The summed E-state index contributed by atoms with van der Waals surface area (Å²) in [6.45, 7) is 1.95. The Morgan fingerprint density at radius 1 is 0.495 bits per heavy atom. The molecule has 6 heterocycles. The van der Waals surface area contributed by atoms with Crippen molar-refractivity contribution < 1.29 is 160 Å². The second kappa shape index (κ2) is 48.0. The third kappa shape index (κ3) is 31.8. The summed E-state index contributed by atoms with van der Waals surface area (Å²) in [6, 6.07) is -3.50. The van der Waals surface area contributed by atoms with Gasteiger partial charge in [-0.05, 0) is 51.4 Å². The first-order chi connectivity index (χ1) is 48.9. The number of piperidine rings is 1. The van der Waals surface area contributed by atoms with Gasteiger partial charge in [-0.15, -0.1) is 0 Å². The number of amides is 5. The van der Waals surface area contributed by atoms with Crippen LogP contribution in [0.25, 0.3) is 0 Å². The maximum absolute atomic E-state index is 14.3. The van der Waals surface area contributed by atoms with Crippen molar-refractivity contribution in [2.24, 2.45) is 0 Å². The van der Waals surface area contributed by atoms with Gasteiger partial charge in [0.2, 0.25) is 29.5 Å². The van der Waals surface area contributed by atoms with Gasteiger partial charge in [-0.2, -0.15) is 0 Å². The van der Waals surface area contributed by atoms with Crippen molar-refractivity contribution in [3.63, 3.8) is 0 Å². The predicted molar refractivity (Wildman–Crippen MR) is 337 cm³/mol. The summed E-state index contributed by atoms with van der Waals surface area (Å²) in [5, 5.41) is 103. The fourth-order valence-corrected chi connectivity index (χ4v) is 10.9. The molecule has 0 aromatic carbocycles. The Bertz CT molecular complexity index is 2360. The smallest absolute Gasteiger partial charge is 0.347 e. The molecular weight excluding hydrogens is 1360 g/mol. The number of epoxide rings is 2. The number of unbranched alkanes of at least 4 members (excludes halogenated alkanes) is 2. The summed E-state index contributed by atoms with van der Waals surface area (Å²) >= 11 is 0. The maximum Gasteiger partial charge on any atom is 0.347 e. The molecule has 0 aromatic heterocycles. The highest BCUT2D eigenvalue weighted by molar-refractivity contribution is 5.91. The van der Waals surface area contributed by atoms with E-state index < -0.39 is 166 Å². The van der Waals surface area contributed by atoms with Gasteiger partial charge in [0.15, 0.2) is 30.8 Å². The first-order valence-electron chi connectivity index (χ1n) is 34.5. The molecule has 101 heavy (non-hydrogen) atoms. The number of hydroxylamine groups is 2. The van der Waals surface area contributed by atoms with Crippen LogP contribution in [0.3, 0.4) is 0 Å². The van der Waals surface area contributed by atoms with Crippen molar-refractivity contribution in [3.05, 3.63) is 0 Å². The Balaban J connectivity index is 0.883. The van der Waals surface area contributed by atoms with Crippen molar-refractivity contribution in [2.45, 2.75) is 181 Å². The van der Waals surface area contributed by atoms with Gasteiger partial charge in [-0.1, -0.05) is 5.06 Å². The Hall–Kier alpha value is -4.26. The average molecular weight is 1470 g/mol. The third-order valence-electron chi connectivity index (χ3n) is 16.6. The minimum atomic E-state index is -1.44. The zero-order chi connectivity index (χ0) is 72.8. The third-order valence-corrected chi connectivity index (χ3v) is 16.6. The molecule has 584 valence electrons. The van der Waals surface area contributed by atoms with Crippen molar-refractivity contribution in [1.29, 1.82) is 0 Å². The number of nitrogens with one attached hydrogen (secondary N) is 5. The van der Waals surface area contributed by atoms with Crippen LogP contribution in [0.15, 0.2) is 0 Å². The minimum absolute atomic E-state index is 0.00162. The van der Waals surface area contributed by atoms with Gasteiger partial charge in [-0.3, -0.25) is 24.0 Å². The van der Waals surface area contributed by atoms with Gasteiger partial charge in [0.25, 0.3) is 0 Å². The van der Waals surface area contributed by atoms with Crippen molar-refractivity contribution in [1.82, 2.24) is 31.6 Å². The Labute approximate surface area is 585 Å². The summed E-state index contributed by atoms with van der Waals surface area (Å²) < 4.78 is 93.9. The van der Waals surface area contributed by atoms with Crippen LogP contribution in [-0.4, -0.2) is 375 Å². The number of carbonyl (C=O) groups is 6. The molecule has 0 radical (unpaired) electrons. The molecule has 0 aromatic rings. The van der Waals surface area contributed by atoms with E-state index in [9.17, 15) is 74.7 Å². The highest BCUT2D eigenvalue weighted by atomic mass is 16.8. The zero-order valence-electron chi connectivity index (χ0n) is 57.2. The van der Waals surface area contributed by atoms with Crippen LogP contribution < -0.4 is 26.6 Å². The molecule has 6 fully saturated rings. The number of aliphatic hydroxyl groups is 9. The number of carbonyl (C=O) groups excluding carboxylic acids is 6. The van der Waals surface area contributed by atoms with Crippen LogP contribution in [0.2, 0.25) is 0 Å². The van der Waals surface area contributed by atoms with Crippen molar-refractivity contribution >= 4 is 35.5 Å². The molecule has 39 nitrogen and oxygen atoms in total. The van der Waals surface area contributed by atoms with E-state index in [1.54, 1.807) is 0 Å². The molecule has 39 heteroatoms. The van der Waals surface area contributed by atoms with E-state index >= 15 is 0 Å². The molecule has 6 aliphatic heterocycles. The number of ether oxygens (including phenoxy) is 17. The first kappa shape index (κ1) is 85.7. The van der Waals surface area contributed by atoms with Gasteiger partial charge < -0.3 is 158 Å². The summed E-state index contributed by atoms with van der Waals surface area (Å²) in [6.07, 6.45) is -11.1. The Morgan fingerprint density at radius 3 is 1.38 bits per heavy atom. The van der Waals surface area contributed by atoms with Crippen LogP contribution in [-0.2, 0) is 114 Å². The van der Waals surface area contributed by atoms with E-state index in [4.69, 9.17) is 85.4 Å².